The zero-order valence-electron chi connectivity index (χ0n) is 21.2. The monoisotopic (exact) mass is 538 g/mol. The summed E-state index contributed by atoms with van der Waals surface area (Å²) < 4.78 is 44.9. The van der Waals surface area contributed by atoms with Gasteiger partial charge < -0.3 is 15.2 Å². The Kier molecular flexibility index (Phi) is 6.27. The van der Waals surface area contributed by atoms with Gasteiger partial charge in [0, 0.05) is 17.0 Å². The summed E-state index contributed by atoms with van der Waals surface area (Å²) in [6.07, 6.45) is 3.01. The zero-order chi connectivity index (χ0) is 27.4. The second-order valence-corrected chi connectivity index (χ2v) is 11.5. The SMILES string of the molecule is O=C(N[C@H](C(=O)O)C12CC3CC(CC(C3)C1)C2)c1ccc2cccnc2c1OCc1ccc(C(F)(F)F)cc1. The maximum Gasteiger partial charge on any atom is 0.416 e. The number of rotatable bonds is 7. The summed E-state index contributed by atoms with van der Waals surface area (Å²) in [5.41, 5.74) is -0.170. The molecule has 6 nitrogen and oxygen atoms in total. The first-order valence-corrected chi connectivity index (χ1v) is 13.3. The Morgan fingerprint density at radius 1 is 1.00 bits per heavy atom. The molecule has 4 saturated carbocycles. The molecule has 0 radical (unpaired) electrons. The molecule has 3 aromatic rings. The zero-order valence-corrected chi connectivity index (χ0v) is 21.2. The summed E-state index contributed by atoms with van der Waals surface area (Å²) >= 11 is 0. The van der Waals surface area contributed by atoms with Crippen LogP contribution in [0.3, 0.4) is 0 Å². The molecule has 4 aliphatic rings. The van der Waals surface area contributed by atoms with Crippen LogP contribution < -0.4 is 10.1 Å². The second kappa shape index (κ2) is 9.54. The number of carboxylic acids is 1. The third-order valence-electron chi connectivity index (χ3n) is 8.86. The molecule has 0 unspecified atom stereocenters. The van der Waals surface area contributed by atoms with Gasteiger partial charge in [0.2, 0.25) is 0 Å². The molecule has 204 valence electrons. The van der Waals surface area contributed by atoms with Crippen LogP contribution >= 0.6 is 0 Å². The van der Waals surface area contributed by atoms with E-state index in [1.54, 1.807) is 24.4 Å². The molecule has 4 fully saturated rings. The lowest BCUT2D eigenvalue weighted by Gasteiger charge is -2.58. The van der Waals surface area contributed by atoms with Crippen molar-refractivity contribution in [3.8, 4) is 5.75 Å². The number of aromatic nitrogens is 1. The van der Waals surface area contributed by atoms with Gasteiger partial charge in [-0.1, -0.05) is 24.3 Å². The van der Waals surface area contributed by atoms with Crippen LogP contribution in [0.2, 0.25) is 0 Å². The third kappa shape index (κ3) is 4.83. The van der Waals surface area contributed by atoms with E-state index in [1.807, 2.05) is 6.07 Å². The van der Waals surface area contributed by atoms with Crippen LogP contribution in [0.25, 0.3) is 10.9 Å². The molecule has 4 bridgehead atoms. The summed E-state index contributed by atoms with van der Waals surface area (Å²) in [5.74, 6) is 0.122. The van der Waals surface area contributed by atoms with Gasteiger partial charge in [-0.15, -0.1) is 0 Å². The standard InChI is InChI=1S/C30H29F3N2O4/c31-30(32,33)22-6-3-17(4-7-22)16-39-25-23(8-5-21-2-1-9-34-24(21)25)27(36)35-26(28(37)38)29-13-18-10-19(14-29)12-20(11-18)15-29/h1-9,18-20,26H,10-16H2,(H,35,36)(H,37,38)/t18?,19?,20?,26-,29?/m1/s1. The van der Waals surface area contributed by atoms with Gasteiger partial charge in [-0.2, -0.15) is 13.2 Å². The number of ether oxygens (including phenoxy) is 1. The number of pyridine rings is 1. The maximum absolute atomic E-state index is 13.7. The first kappa shape index (κ1) is 25.6. The minimum Gasteiger partial charge on any atom is -0.486 e. The molecule has 4 aliphatic carbocycles. The van der Waals surface area contributed by atoms with E-state index in [0.717, 1.165) is 50.7 Å². The molecule has 1 atom stereocenters. The van der Waals surface area contributed by atoms with Crippen LogP contribution in [0.1, 0.15) is 60.0 Å². The molecule has 0 spiro atoms. The van der Waals surface area contributed by atoms with Gasteiger partial charge in [0.05, 0.1) is 11.1 Å². The lowest BCUT2D eigenvalue weighted by molar-refractivity contribution is -0.150. The van der Waals surface area contributed by atoms with Crippen molar-refractivity contribution in [2.24, 2.45) is 23.2 Å². The average Bonchev–Trinajstić information content (AvgIpc) is 2.89. The Balaban J connectivity index is 1.28. The third-order valence-corrected chi connectivity index (χ3v) is 8.86. The highest BCUT2D eigenvalue weighted by molar-refractivity contribution is 6.04. The molecule has 1 heterocycles. The van der Waals surface area contributed by atoms with Gasteiger partial charge in [-0.25, -0.2) is 4.79 Å². The maximum atomic E-state index is 13.7. The number of carbonyl (C=O) groups excluding carboxylic acids is 1. The van der Waals surface area contributed by atoms with Crippen LogP contribution in [-0.4, -0.2) is 28.0 Å². The van der Waals surface area contributed by atoms with Crippen molar-refractivity contribution >= 4 is 22.8 Å². The van der Waals surface area contributed by atoms with E-state index in [9.17, 15) is 27.9 Å². The van der Waals surface area contributed by atoms with E-state index in [0.29, 0.717) is 34.2 Å². The van der Waals surface area contributed by atoms with E-state index >= 15 is 0 Å². The lowest BCUT2D eigenvalue weighted by atomic mass is 9.47. The summed E-state index contributed by atoms with van der Waals surface area (Å²) in [6.45, 7) is -0.0918. The minimum absolute atomic E-state index is 0.0918. The van der Waals surface area contributed by atoms with Gasteiger partial charge in [-0.3, -0.25) is 9.78 Å². The van der Waals surface area contributed by atoms with Crippen LogP contribution in [0.15, 0.2) is 54.7 Å². The molecule has 9 heteroatoms. The number of halogens is 3. The molecular formula is C30H29F3N2O4. The molecule has 1 aromatic heterocycles. The van der Waals surface area contributed by atoms with E-state index in [1.165, 1.54) is 12.1 Å². The second-order valence-electron chi connectivity index (χ2n) is 11.5. The largest absolute Gasteiger partial charge is 0.486 e. The van der Waals surface area contributed by atoms with Gasteiger partial charge in [0.25, 0.3) is 5.91 Å². The normalized spacial score (nSPS) is 26.4. The summed E-state index contributed by atoms with van der Waals surface area (Å²) in [5, 5.41) is 13.8. The fraction of sp³-hybridized carbons (Fsp3) is 0.433. The van der Waals surface area contributed by atoms with E-state index in [2.05, 4.69) is 10.3 Å². The van der Waals surface area contributed by atoms with Crippen molar-refractivity contribution in [3.05, 3.63) is 71.4 Å². The van der Waals surface area contributed by atoms with Crippen LogP contribution in [0, 0.1) is 23.2 Å². The van der Waals surface area contributed by atoms with E-state index in [4.69, 9.17) is 4.74 Å². The highest BCUT2D eigenvalue weighted by atomic mass is 19.4. The van der Waals surface area contributed by atoms with Crippen molar-refractivity contribution in [3.63, 3.8) is 0 Å². The number of alkyl halides is 3. The lowest BCUT2D eigenvalue weighted by Crippen LogP contribution is -2.59. The first-order valence-electron chi connectivity index (χ1n) is 13.3. The summed E-state index contributed by atoms with van der Waals surface area (Å²) in [7, 11) is 0. The molecule has 0 aliphatic heterocycles. The Morgan fingerprint density at radius 3 is 2.23 bits per heavy atom. The van der Waals surface area contributed by atoms with Crippen LogP contribution in [-0.2, 0) is 17.6 Å². The minimum atomic E-state index is -4.44. The predicted molar refractivity (Wildman–Crippen MR) is 137 cm³/mol. The number of aliphatic carboxylic acids is 1. The average molecular weight is 539 g/mol. The number of carbonyl (C=O) groups is 2. The van der Waals surface area contributed by atoms with Crippen molar-refractivity contribution < 1.29 is 32.6 Å². The number of carboxylic acid groups (broad SMARTS) is 1. The summed E-state index contributed by atoms with van der Waals surface area (Å²) in [4.78, 5) is 30.6. The topological polar surface area (TPSA) is 88.5 Å². The number of hydrogen-bond acceptors (Lipinski definition) is 4. The molecule has 1 amide bonds. The Bertz CT molecular complexity index is 1380. The predicted octanol–water partition coefficient (Wildman–Crippen LogP) is 6.23. The molecular weight excluding hydrogens is 509 g/mol. The fourth-order valence-electron chi connectivity index (χ4n) is 7.61. The molecule has 2 N–H and O–H groups in total. The number of hydrogen-bond donors (Lipinski definition) is 2. The van der Waals surface area contributed by atoms with E-state index < -0.39 is 35.1 Å². The number of nitrogens with one attached hydrogen (secondary N) is 1. The van der Waals surface area contributed by atoms with Crippen LogP contribution in [0.4, 0.5) is 13.2 Å². The Hall–Kier alpha value is -3.62. The Morgan fingerprint density at radius 2 is 1.64 bits per heavy atom. The fourth-order valence-corrected chi connectivity index (χ4v) is 7.61. The van der Waals surface area contributed by atoms with Crippen LogP contribution in [0.5, 0.6) is 5.75 Å². The highest BCUT2D eigenvalue weighted by Crippen LogP contribution is 2.61. The molecule has 7 rings (SSSR count). The van der Waals surface area contributed by atoms with Gasteiger partial charge in [0.15, 0.2) is 5.75 Å². The molecule has 39 heavy (non-hydrogen) atoms. The van der Waals surface area contributed by atoms with Gasteiger partial charge in [0.1, 0.15) is 18.2 Å². The quantitative estimate of drug-likeness (QED) is 0.372. The number of benzene rings is 2. The van der Waals surface area contributed by atoms with Crippen molar-refractivity contribution in [2.45, 2.75) is 57.3 Å². The van der Waals surface area contributed by atoms with Gasteiger partial charge in [-0.05, 0) is 86.1 Å². The van der Waals surface area contributed by atoms with Gasteiger partial charge >= 0.3 is 12.1 Å². The Labute approximate surface area is 223 Å². The molecule has 2 aromatic carbocycles. The summed E-state index contributed by atoms with van der Waals surface area (Å²) in [6, 6.07) is 10.5. The highest BCUT2D eigenvalue weighted by Gasteiger charge is 2.56. The molecule has 0 saturated heterocycles. The van der Waals surface area contributed by atoms with Crippen molar-refractivity contribution in [1.29, 1.82) is 0 Å². The first-order chi connectivity index (χ1) is 18.6. The number of nitrogens with zero attached hydrogens (tertiary/aromatic N) is 1. The van der Waals surface area contributed by atoms with Crippen molar-refractivity contribution in [2.75, 3.05) is 0 Å². The number of amides is 1. The number of fused-ring (bicyclic) bond motifs is 1. The smallest absolute Gasteiger partial charge is 0.416 e. The van der Waals surface area contributed by atoms with E-state index in [-0.39, 0.29) is 17.9 Å². The van der Waals surface area contributed by atoms with Crippen molar-refractivity contribution in [1.82, 2.24) is 10.3 Å².